The summed E-state index contributed by atoms with van der Waals surface area (Å²) in [5.41, 5.74) is 7.91. The molecule has 3 aromatic rings. The summed E-state index contributed by atoms with van der Waals surface area (Å²) < 4.78 is 7.24. The highest BCUT2D eigenvalue weighted by molar-refractivity contribution is 6.32. The molecule has 4 N–H and O–H groups in total. The zero-order valence-electron chi connectivity index (χ0n) is 16.0. The van der Waals surface area contributed by atoms with Crippen LogP contribution in [0.1, 0.15) is 41.5 Å². The summed E-state index contributed by atoms with van der Waals surface area (Å²) in [4.78, 5) is 40.9. The average molecular weight is 428 g/mol. The van der Waals surface area contributed by atoms with Gasteiger partial charge in [0.1, 0.15) is 11.5 Å². The van der Waals surface area contributed by atoms with E-state index in [1.807, 2.05) is 6.92 Å². The van der Waals surface area contributed by atoms with Crippen LogP contribution in [0.4, 0.5) is 5.82 Å². The number of halogens is 1. The molecule has 0 radical (unpaired) electrons. The number of aromatic nitrogens is 4. The van der Waals surface area contributed by atoms with E-state index in [1.165, 1.54) is 0 Å². The van der Waals surface area contributed by atoms with Gasteiger partial charge >= 0.3 is 5.69 Å². The molecule has 0 saturated carbocycles. The summed E-state index contributed by atoms with van der Waals surface area (Å²) in [5, 5.41) is 4.20. The number of hydrogen-bond donors (Lipinski definition) is 3. The lowest BCUT2D eigenvalue weighted by molar-refractivity contribution is 0.462. The smallest absolute Gasteiger partial charge is 0.349 e. The van der Waals surface area contributed by atoms with E-state index in [-0.39, 0.29) is 17.3 Å². The van der Waals surface area contributed by atoms with Gasteiger partial charge in [0, 0.05) is 22.9 Å². The number of rotatable bonds is 3. The predicted octanol–water partition coefficient (Wildman–Crippen LogP) is 1.79. The van der Waals surface area contributed by atoms with Crippen LogP contribution in [0.3, 0.4) is 0 Å². The lowest BCUT2D eigenvalue weighted by Gasteiger charge is -2.27. The normalized spacial score (nSPS) is 16.7. The number of H-pyrrole nitrogens is 2. The lowest BCUT2D eigenvalue weighted by Crippen LogP contribution is -2.34. The van der Waals surface area contributed by atoms with Gasteiger partial charge in [-0.25, -0.2) is 4.79 Å². The van der Waals surface area contributed by atoms with Gasteiger partial charge in [0.2, 0.25) is 5.82 Å². The topological polar surface area (TPSA) is 136 Å². The molecule has 1 atom stereocenters. The minimum absolute atomic E-state index is 0.0853. The summed E-state index contributed by atoms with van der Waals surface area (Å²) in [7, 11) is 0. The standard InChI is InChI=1S/C20H18ClN5O4/c1-8-2-3-11-14(7-23-18(27)15(8)11)30-16-10-5-4-9(10)13(6-12(16)21)26-20(29)24-19(28)17(22)25-26/h6-8H,2-5H2,1H3,(H2,22,25)(H,23,27)(H,24,28,29). The van der Waals surface area contributed by atoms with Crippen molar-refractivity contribution in [3.8, 4) is 17.2 Å². The van der Waals surface area contributed by atoms with Crippen LogP contribution in [-0.4, -0.2) is 19.7 Å². The lowest BCUT2D eigenvalue weighted by atomic mass is 9.86. The Morgan fingerprint density at radius 3 is 2.67 bits per heavy atom. The second-order valence-electron chi connectivity index (χ2n) is 7.64. The molecule has 2 heterocycles. The van der Waals surface area contributed by atoms with E-state index < -0.39 is 11.2 Å². The summed E-state index contributed by atoms with van der Waals surface area (Å²) in [6.45, 7) is 2.03. The molecule has 30 heavy (non-hydrogen) atoms. The Kier molecular flexibility index (Phi) is 4.11. The van der Waals surface area contributed by atoms with E-state index in [0.717, 1.165) is 39.8 Å². The number of benzene rings is 1. The van der Waals surface area contributed by atoms with Crippen LogP contribution in [0.15, 0.2) is 26.6 Å². The first-order chi connectivity index (χ1) is 14.3. The molecule has 0 aliphatic heterocycles. The van der Waals surface area contributed by atoms with Gasteiger partial charge in [-0.1, -0.05) is 18.5 Å². The first-order valence-corrected chi connectivity index (χ1v) is 9.99. The predicted molar refractivity (Wildman–Crippen MR) is 111 cm³/mol. The highest BCUT2D eigenvalue weighted by Crippen LogP contribution is 2.45. The average Bonchev–Trinajstić information content (AvgIpc) is 3.06. The molecule has 10 heteroatoms. The maximum Gasteiger partial charge on any atom is 0.349 e. The molecule has 0 spiro atoms. The van der Waals surface area contributed by atoms with Crippen LogP contribution < -0.4 is 27.3 Å². The zero-order valence-corrected chi connectivity index (χ0v) is 16.8. The molecular weight excluding hydrogens is 410 g/mol. The number of anilines is 1. The van der Waals surface area contributed by atoms with Gasteiger partial charge in [0.05, 0.1) is 10.7 Å². The van der Waals surface area contributed by atoms with E-state index in [9.17, 15) is 14.4 Å². The largest absolute Gasteiger partial charge is 0.454 e. The highest BCUT2D eigenvalue weighted by atomic mass is 35.5. The molecule has 2 aliphatic carbocycles. The van der Waals surface area contributed by atoms with Crippen molar-refractivity contribution >= 4 is 17.4 Å². The SMILES string of the molecule is CC1CCc2c(Oc3c(Cl)cc(-n4nc(N)c(=O)[nH]c4=O)c4c3CC4)c[nH]c(=O)c21. The van der Waals surface area contributed by atoms with Crippen LogP contribution in [-0.2, 0) is 19.3 Å². The van der Waals surface area contributed by atoms with Gasteiger partial charge in [0.15, 0.2) is 0 Å². The molecule has 0 fully saturated rings. The monoisotopic (exact) mass is 427 g/mol. The van der Waals surface area contributed by atoms with Crippen molar-refractivity contribution in [2.45, 2.75) is 38.5 Å². The Morgan fingerprint density at radius 1 is 1.17 bits per heavy atom. The molecule has 0 bridgehead atoms. The molecule has 0 amide bonds. The molecular formula is C20H18ClN5O4. The van der Waals surface area contributed by atoms with E-state index in [4.69, 9.17) is 22.1 Å². The number of hydrogen-bond acceptors (Lipinski definition) is 6. The summed E-state index contributed by atoms with van der Waals surface area (Å²) in [6, 6.07) is 1.58. The van der Waals surface area contributed by atoms with E-state index >= 15 is 0 Å². The Hall–Kier alpha value is -3.33. The Balaban J connectivity index is 1.62. The number of fused-ring (bicyclic) bond motifs is 2. The second-order valence-corrected chi connectivity index (χ2v) is 8.04. The fraction of sp³-hybridized carbons (Fsp3) is 0.300. The Labute approximate surface area is 174 Å². The first-order valence-electron chi connectivity index (χ1n) is 9.61. The quantitative estimate of drug-likeness (QED) is 0.583. The summed E-state index contributed by atoms with van der Waals surface area (Å²) in [5.74, 6) is 0.955. The fourth-order valence-electron chi connectivity index (χ4n) is 4.25. The van der Waals surface area contributed by atoms with Crippen molar-refractivity contribution in [3.63, 3.8) is 0 Å². The van der Waals surface area contributed by atoms with E-state index in [0.29, 0.717) is 35.1 Å². The minimum atomic E-state index is -0.734. The molecule has 1 aromatic carbocycles. The number of nitrogens with one attached hydrogen (secondary N) is 2. The number of nitrogens with zero attached hydrogens (tertiary/aromatic N) is 2. The number of pyridine rings is 1. The second kappa shape index (κ2) is 6.60. The zero-order chi connectivity index (χ0) is 21.2. The van der Waals surface area contributed by atoms with Crippen LogP contribution in [0.25, 0.3) is 5.69 Å². The van der Waals surface area contributed by atoms with Gasteiger partial charge in [-0.3, -0.25) is 14.6 Å². The molecule has 9 nitrogen and oxygen atoms in total. The molecule has 2 aromatic heterocycles. The third-order valence-corrected chi connectivity index (χ3v) is 6.15. The number of aromatic amines is 2. The third kappa shape index (κ3) is 2.69. The third-order valence-electron chi connectivity index (χ3n) is 5.87. The van der Waals surface area contributed by atoms with E-state index in [2.05, 4.69) is 15.1 Å². The van der Waals surface area contributed by atoms with Crippen molar-refractivity contribution in [3.05, 3.63) is 70.7 Å². The summed E-state index contributed by atoms with van der Waals surface area (Å²) in [6.07, 6.45) is 4.65. The summed E-state index contributed by atoms with van der Waals surface area (Å²) >= 11 is 6.53. The van der Waals surface area contributed by atoms with Crippen molar-refractivity contribution in [1.82, 2.24) is 19.7 Å². The van der Waals surface area contributed by atoms with Crippen LogP contribution >= 0.6 is 11.6 Å². The van der Waals surface area contributed by atoms with Crippen LogP contribution in [0, 0.1) is 0 Å². The highest BCUT2D eigenvalue weighted by Gasteiger charge is 2.30. The maximum absolute atomic E-state index is 12.2. The first kappa shape index (κ1) is 18.7. The minimum Gasteiger partial charge on any atom is -0.454 e. The van der Waals surface area contributed by atoms with Crippen LogP contribution in [0.2, 0.25) is 5.02 Å². The molecule has 0 saturated heterocycles. The maximum atomic E-state index is 12.2. The Morgan fingerprint density at radius 2 is 1.93 bits per heavy atom. The van der Waals surface area contributed by atoms with Crippen molar-refractivity contribution < 1.29 is 4.74 Å². The fourth-order valence-corrected chi connectivity index (χ4v) is 4.51. The van der Waals surface area contributed by atoms with Gasteiger partial charge in [-0.15, -0.1) is 5.10 Å². The number of ether oxygens (including phenoxy) is 1. The van der Waals surface area contributed by atoms with Gasteiger partial charge < -0.3 is 15.5 Å². The number of nitrogens with two attached hydrogens (primary N) is 1. The van der Waals surface area contributed by atoms with Crippen LogP contribution in [0.5, 0.6) is 11.5 Å². The molecule has 5 rings (SSSR count). The molecule has 2 aliphatic rings. The van der Waals surface area contributed by atoms with Gasteiger partial charge in [-0.05, 0) is 43.2 Å². The van der Waals surface area contributed by atoms with Crippen molar-refractivity contribution in [2.75, 3.05) is 5.73 Å². The number of nitrogen functional groups attached to an aromatic ring is 1. The Bertz CT molecular complexity index is 1390. The van der Waals surface area contributed by atoms with Crippen molar-refractivity contribution in [2.24, 2.45) is 0 Å². The van der Waals surface area contributed by atoms with E-state index in [1.54, 1.807) is 12.3 Å². The molecule has 1 unspecified atom stereocenters. The van der Waals surface area contributed by atoms with Gasteiger partial charge in [0.25, 0.3) is 11.1 Å². The van der Waals surface area contributed by atoms with Gasteiger partial charge in [-0.2, -0.15) is 4.68 Å². The van der Waals surface area contributed by atoms with Crippen molar-refractivity contribution in [1.29, 1.82) is 0 Å². The molecule has 154 valence electrons.